The van der Waals surface area contributed by atoms with Crippen molar-refractivity contribution in [2.45, 2.75) is 32.4 Å². The highest BCUT2D eigenvalue weighted by molar-refractivity contribution is 5.42. The van der Waals surface area contributed by atoms with Crippen LogP contribution in [0.2, 0.25) is 0 Å². The fourth-order valence-electron chi connectivity index (χ4n) is 2.24. The fraction of sp³-hybridized carbons (Fsp3) is 0.625. The molecule has 0 aromatic heterocycles. The maximum absolute atomic E-state index is 5.48. The molecule has 0 amide bonds. The Bertz CT molecular complexity index is 409. The fourth-order valence-corrected chi connectivity index (χ4v) is 2.24. The molecule has 0 spiro atoms. The Kier molecular flexibility index (Phi) is 6.82. The molecule has 2 atom stereocenters. The van der Waals surface area contributed by atoms with Crippen molar-refractivity contribution in [1.29, 1.82) is 0 Å². The lowest BCUT2D eigenvalue weighted by molar-refractivity contribution is 0.226. The minimum Gasteiger partial charge on any atom is -0.497 e. The minimum absolute atomic E-state index is 0.207. The van der Waals surface area contributed by atoms with Gasteiger partial charge < -0.3 is 19.7 Å². The van der Waals surface area contributed by atoms with Crippen LogP contribution < -0.4 is 14.8 Å². The van der Waals surface area contributed by atoms with Crippen LogP contribution in [0.5, 0.6) is 11.5 Å². The lowest BCUT2D eigenvalue weighted by Gasteiger charge is -2.29. The summed E-state index contributed by atoms with van der Waals surface area (Å²) in [5.74, 6) is 1.75. The molecule has 0 saturated carbocycles. The van der Waals surface area contributed by atoms with Gasteiger partial charge in [-0.25, -0.2) is 0 Å². The number of hydrogen-bond donors (Lipinski definition) is 1. The third kappa shape index (κ3) is 4.12. The summed E-state index contributed by atoms with van der Waals surface area (Å²) < 4.78 is 10.8. The molecule has 0 fully saturated rings. The summed E-state index contributed by atoms with van der Waals surface area (Å²) in [4.78, 5) is 2.36. The van der Waals surface area contributed by atoms with Crippen molar-refractivity contribution in [1.82, 2.24) is 10.2 Å². The van der Waals surface area contributed by atoms with Crippen molar-refractivity contribution in [3.05, 3.63) is 23.8 Å². The summed E-state index contributed by atoms with van der Waals surface area (Å²) in [6.45, 7) is 5.38. The zero-order chi connectivity index (χ0) is 15.1. The first-order valence-corrected chi connectivity index (χ1v) is 7.16. The van der Waals surface area contributed by atoms with E-state index in [9.17, 15) is 0 Å². The van der Waals surface area contributed by atoms with E-state index in [2.05, 4.69) is 31.1 Å². The number of ether oxygens (including phenoxy) is 2. The van der Waals surface area contributed by atoms with Crippen molar-refractivity contribution in [2.75, 3.05) is 34.9 Å². The molecule has 4 nitrogen and oxygen atoms in total. The number of nitrogens with one attached hydrogen (secondary N) is 1. The number of benzene rings is 1. The van der Waals surface area contributed by atoms with E-state index >= 15 is 0 Å². The van der Waals surface area contributed by atoms with Crippen LogP contribution in [0.1, 0.15) is 31.9 Å². The van der Waals surface area contributed by atoms with Gasteiger partial charge in [0.2, 0.25) is 0 Å². The Morgan fingerprint density at radius 3 is 2.45 bits per heavy atom. The van der Waals surface area contributed by atoms with E-state index in [1.807, 2.05) is 25.2 Å². The molecular formula is C16H28N2O2. The van der Waals surface area contributed by atoms with Gasteiger partial charge in [0.15, 0.2) is 0 Å². The van der Waals surface area contributed by atoms with E-state index in [0.717, 1.165) is 30.0 Å². The highest BCUT2D eigenvalue weighted by Gasteiger charge is 2.19. The molecule has 0 aliphatic rings. The monoisotopic (exact) mass is 280 g/mol. The lowest BCUT2D eigenvalue weighted by Crippen LogP contribution is -2.36. The number of hydrogen-bond acceptors (Lipinski definition) is 4. The topological polar surface area (TPSA) is 33.7 Å². The van der Waals surface area contributed by atoms with E-state index in [1.54, 1.807) is 14.2 Å². The zero-order valence-electron chi connectivity index (χ0n) is 13.6. The van der Waals surface area contributed by atoms with E-state index in [0.29, 0.717) is 6.04 Å². The Morgan fingerprint density at radius 2 is 1.95 bits per heavy atom. The van der Waals surface area contributed by atoms with Crippen molar-refractivity contribution >= 4 is 0 Å². The molecule has 1 rings (SSSR count). The summed E-state index contributed by atoms with van der Waals surface area (Å²) in [7, 11) is 7.53. The van der Waals surface area contributed by atoms with Gasteiger partial charge in [-0.05, 0) is 45.6 Å². The smallest absolute Gasteiger partial charge is 0.123 e. The van der Waals surface area contributed by atoms with E-state index in [1.165, 1.54) is 0 Å². The van der Waals surface area contributed by atoms with Crippen molar-refractivity contribution in [2.24, 2.45) is 0 Å². The maximum Gasteiger partial charge on any atom is 0.123 e. The number of nitrogens with zero attached hydrogens (tertiary/aromatic N) is 1. The highest BCUT2D eigenvalue weighted by atomic mass is 16.5. The van der Waals surface area contributed by atoms with Crippen molar-refractivity contribution in [3.8, 4) is 11.5 Å². The van der Waals surface area contributed by atoms with Gasteiger partial charge in [-0.15, -0.1) is 0 Å². The molecule has 2 unspecified atom stereocenters. The molecule has 0 heterocycles. The van der Waals surface area contributed by atoms with E-state index in [-0.39, 0.29) is 6.04 Å². The molecule has 1 N–H and O–H groups in total. The summed E-state index contributed by atoms with van der Waals surface area (Å²) >= 11 is 0. The summed E-state index contributed by atoms with van der Waals surface area (Å²) in [5, 5.41) is 3.38. The Hall–Kier alpha value is -1.26. The molecule has 0 bridgehead atoms. The zero-order valence-corrected chi connectivity index (χ0v) is 13.6. The first kappa shape index (κ1) is 16.8. The number of methoxy groups -OCH3 is 2. The van der Waals surface area contributed by atoms with Crippen LogP contribution in [0.25, 0.3) is 0 Å². The Morgan fingerprint density at radius 1 is 1.25 bits per heavy atom. The molecule has 1 aromatic rings. The minimum atomic E-state index is 0.207. The molecular weight excluding hydrogens is 252 g/mol. The summed E-state index contributed by atoms with van der Waals surface area (Å²) in [5.41, 5.74) is 1.13. The predicted molar refractivity (Wildman–Crippen MR) is 83.7 cm³/mol. The molecule has 1 aromatic carbocycles. The van der Waals surface area contributed by atoms with Gasteiger partial charge >= 0.3 is 0 Å². The number of rotatable bonds is 8. The molecule has 114 valence electrons. The van der Waals surface area contributed by atoms with Gasteiger partial charge in [-0.2, -0.15) is 0 Å². The van der Waals surface area contributed by atoms with Gasteiger partial charge in [0.25, 0.3) is 0 Å². The van der Waals surface area contributed by atoms with Crippen LogP contribution in [0.15, 0.2) is 18.2 Å². The summed E-state index contributed by atoms with van der Waals surface area (Å²) in [6.07, 6.45) is 1.14. The van der Waals surface area contributed by atoms with Gasteiger partial charge in [0.05, 0.1) is 14.2 Å². The average molecular weight is 280 g/mol. The Labute approximate surface area is 123 Å². The third-order valence-electron chi connectivity index (χ3n) is 3.97. The van der Waals surface area contributed by atoms with Crippen molar-refractivity contribution in [3.63, 3.8) is 0 Å². The normalized spacial score (nSPS) is 14.2. The molecule has 4 heteroatoms. The first-order valence-electron chi connectivity index (χ1n) is 7.16. The second-order valence-corrected chi connectivity index (χ2v) is 5.15. The predicted octanol–water partition coefficient (Wildman–Crippen LogP) is 2.69. The standard InChI is InChI=1S/C16H28N2O2/c1-7-12(2)18(4)11-15(17-3)14-10-13(19-5)8-9-16(14)20-6/h8-10,12,15,17H,7,11H2,1-6H3. The first-order chi connectivity index (χ1) is 9.57. The van der Waals surface area contributed by atoms with Crippen LogP contribution in [-0.2, 0) is 0 Å². The summed E-state index contributed by atoms with van der Waals surface area (Å²) in [6, 6.07) is 6.70. The second-order valence-electron chi connectivity index (χ2n) is 5.15. The van der Waals surface area contributed by atoms with Crippen LogP contribution in [0.3, 0.4) is 0 Å². The molecule has 0 aliphatic carbocycles. The number of likely N-dealkylation sites (N-methyl/N-ethyl adjacent to an activating group) is 2. The van der Waals surface area contributed by atoms with Crippen LogP contribution >= 0.6 is 0 Å². The van der Waals surface area contributed by atoms with Gasteiger partial charge in [0.1, 0.15) is 11.5 Å². The highest BCUT2D eigenvalue weighted by Crippen LogP contribution is 2.30. The SMILES string of the molecule is CCC(C)N(C)CC(NC)c1cc(OC)ccc1OC. The largest absolute Gasteiger partial charge is 0.497 e. The van der Waals surface area contributed by atoms with Gasteiger partial charge in [-0.1, -0.05) is 6.92 Å². The van der Waals surface area contributed by atoms with Crippen molar-refractivity contribution < 1.29 is 9.47 Å². The second kappa shape index (κ2) is 8.12. The maximum atomic E-state index is 5.48. The molecule has 0 aliphatic heterocycles. The quantitative estimate of drug-likeness (QED) is 0.794. The van der Waals surface area contributed by atoms with Gasteiger partial charge in [-0.3, -0.25) is 0 Å². The molecule has 20 heavy (non-hydrogen) atoms. The van der Waals surface area contributed by atoms with Gasteiger partial charge in [0, 0.05) is 24.2 Å². The van der Waals surface area contributed by atoms with Crippen LogP contribution in [0.4, 0.5) is 0 Å². The molecule has 0 saturated heterocycles. The lowest BCUT2D eigenvalue weighted by atomic mass is 10.0. The Balaban J connectivity index is 2.98. The van der Waals surface area contributed by atoms with Crippen LogP contribution in [-0.4, -0.2) is 45.8 Å². The molecule has 0 radical (unpaired) electrons. The van der Waals surface area contributed by atoms with Crippen LogP contribution in [0, 0.1) is 0 Å². The third-order valence-corrected chi connectivity index (χ3v) is 3.97. The average Bonchev–Trinajstić information content (AvgIpc) is 2.50. The van der Waals surface area contributed by atoms with E-state index < -0.39 is 0 Å². The van der Waals surface area contributed by atoms with E-state index in [4.69, 9.17) is 9.47 Å².